The topological polar surface area (TPSA) is 75.2 Å². The van der Waals surface area contributed by atoms with Gasteiger partial charge in [0.15, 0.2) is 0 Å². The van der Waals surface area contributed by atoms with Crippen LogP contribution >= 0.6 is 0 Å². The summed E-state index contributed by atoms with van der Waals surface area (Å²) in [7, 11) is 0. The highest BCUT2D eigenvalue weighted by Gasteiger charge is 2.35. The van der Waals surface area contributed by atoms with Gasteiger partial charge < -0.3 is 14.8 Å². The van der Waals surface area contributed by atoms with Crippen LogP contribution in [0.1, 0.15) is 43.4 Å². The second-order valence-corrected chi connectivity index (χ2v) is 4.73. The lowest BCUT2D eigenvalue weighted by atomic mass is 10.0. The van der Waals surface area contributed by atoms with Crippen LogP contribution in [0.25, 0.3) is 0 Å². The number of nitrogens with one attached hydrogen (secondary N) is 1. The Morgan fingerprint density at radius 2 is 2.41 bits per heavy atom. The molecule has 0 saturated carbocycles. The van der Waals surface area contributed by atoms with Gasteiger partial charge in [0.2, 0.25) is 0 Å². The summed E-state index contributed by atoms with van der Waals surface area (Å²) in [5, 5.41) is 8.67. The lowest BCUT2D eigenvalue weighted by Crippen LogP contribution is -2.21. The average Bonchev–Trinajstić information content (AvgIpc) is 2.83. The van der Waals surface area contributed by atoms with Crippen LogP contribution in [0.4, 0.5) is 0 Å². The van der Waals surface area contributed by atoms with Crippen molar-refractivity contribution < 1.29 is 14.6 Å². The van der Waals surface area contributed by atoms with E-state index in [9.17, 15) is 4.79 Å². The van der Waals surface area contributed by atoms with Gasteiger partial charge in [-0.05, 0) is 26.7 Å². The zero-order valence-electron chi connectivity index (χ0n) is 10.2. The van der Waals surface area contributed by atoms with Gasteiger partial charge in [0.25, 0.3) is 0 Å². The van der Waals surface area contributed by atoms with Gasteiger partial charge in [0, 0.05) is 18.7 Å². The van der Waals surface area contributed by atoms with Crippen LogP contribution < -0.4 is 0 Å². The van der Waals surface area contributed by atoms with Gasteiger partial charge in [-0.15, -0.1) is 0 Å². The number of H-pyrrole nitrogens is 1. The van der Waals surface area contributed by atoms with Crippen LogP contribution in [0.15, 0.2) is 0 Å². The monoisotopic (exact) mass is 238 g/mol. The average molecular weight is 238 g/mol. The molecule has 1 unspecified atom stereocenters. The van der Waals surface area contributed by atoms with Gasteiger partial charge in [0.1, 0.15) is 11.4 Å². The molecule has 1 aromatic rings. The van der Waals surface area contributed by atoms with Crippen LogP contribution in [0.5, 0.6) is 0 Å². The first kappa shape index (κ1) is 12.1. The van der Waals surface area contributed by atoms with Crippen molar-refractivity contribution in [1.29, 1.82) is 0 Å². The first-order chi connectivity index (χ1) is 8.01. The van der Waals surface area contributed by atoms with Gasteiger partial charge in [-0.2, -0.15) is 0 Å². The molecule has 0 spiro atoms. The molecule has 0 aliphatic carbocycles. The molecule has 94 valence electrons. The predicted octanol–water partition coefficient (Wildman–Crippen LogP) is 1.76. The van der Waals surface area contributed by atoms with Crippen LogP contribution in [0, 0.1) is 6.92 Å². The molecule has 2 N–H and O–H groups in total. The molecule has 2 heterocycles. The summed E-state index contributed by atoms with van der Waals surface area (Å²) in [5.41, 5.74) is 1.45. The SMILES string of the molecule is Cc1[nH]c(C2(C)CCCO2)nc1CCC(=O)O. The molecular weight excluding hydrogens is 220 g/mol. The Morgan fingerprint density at radius 1 is 1.65 bits per heavy atom. The molecule has 1 fully saturated rings. The van der Waals surface area contributed by atoms with Crippen molar-refractivity contribution in [3.8, 4) is 0 Å². The number of aryl methyl sites for hydroxylation is 2. The highest BCUT2D eigenvalue weighted by molar-refractivity contribution is 5.67. The van der Waals surface area contributed by atoms with E-state index in [1.54, 1.807) is 0 Å². The number of imidazole rings is 1. The van der Waals surface area contributed by atoms with E-state index < -0.39 is 5.97 Å². The number of hydrogen-bond acceptors (Lipinski definition) is 3. The van der Waals surface area contributed by atoms with E-state index in [1.165, 1.54) is 0 Å². The zero-order chi connectivity index (χ0) is 12.5. The van der Waals surface area contributed by atoms with Gasteiger partial charge in [-0.25, -0.2) is 4.98 Å². The molecule has 5 heteroatoms. The van der Waals surface area contributed by atoms with Crippen molar-refractivity contribution in [2.45, 2.75) is 45.1 Å². The first-order valence-electron chi connectivity index (χ1n) is 5.93. The second-order valence-electron chi connectivity index (χ2n) is 4.73. The maximum absolute atomic E-state index is 10.5. The van der Waals surface area contributed by atoms with Gasteiger partial charge in [0.05, 0.1) is 12.1 Å². The van der Waals surface area contributed by atoms with E-state index in [-0.39, 0.29) is 12.0 Å². The number of hydrogen-bond donors (Lipinski definition) is 2. The molecule has 1 aromatic heterocycles. The van der Waals surface area contributed by atoms with Crippen molar-refractivity contribution >= 4 is 5.97 Å². The molecule has 1 aliphatic heterocycles. The molecule has 0 bridgehead atoms. The number of rotatable bonds is 4. The second kappa shape index (κ2) is 4.49. The third kappa shape index (κ3) is 2.49. The fourth-order valence-electron chi connectivity index (χ4n) is 2.18. The normalized spacial score (nSPS) is 24.1. The summed E-state index contributed by atoms with van der Waals surface area (Å²) in [6.45, 7) is 4.71. The van der Waals surface area contributed by atoms with Crippen molar-refractivity contribution in [2.75, 3.05) is 6.61 Å². The van der Waals surface area contributed by atoms with E-state index in [1.807, 2.05) is 13.8 Å². The number of carbonyl (C=O) groups is 1. The number of carboxylic acid groups (broad SMARTS) is 1. The van der Waals surface area contributed by atoms with E-state index >= 15 is 0 Å². The fraction of sp³-hybridized carbons (Fsp3) is 0.667. The van der Waals surface area contributed by atoms with Crippen molar-refractivity contribution in [3.63, 3.8) is 0 Å². The minimum atomic E-state index is -0.794. The quantitative estimate of drug-likeness (QED) is 0.838. The van der Waals surface area contributed by atoms with Crippen LogP contribution in [-0.2, 0) is 21.6 Å². The molecule has 1 atom stereocenters. The predicted molar refractivity (Wildman–Crippen MR) is 61.8 cm³/mol. The molecule has 5 nitrogen and oxygen atoms in total. The Morgan fingerprint density at radius 3 is 3.00 bits per heavy atom. The summed E-state index contributed by atoms with van der Waals surface area (Å²) in [5.74, 6) is 0.0326. The summed E-state index contributed by atoms with van der Waals surface area (Å²) < 4.78 is 5.71. The van der Waals surface area contributed by atoms with Crippen molar-refractivity contribution in [3.05, 3.63) is 17.2 Å². The third-order valence-corrected chi connectivity index (χ3v) is 3.28. The standard InChI is InChI=1S/C12H18N2O3/c1-8-9(4-5-10(15)16)14-11(13-8)12(2)6-3-7-17-12/h3-7H2,1-2H3,(H,13,14)(H,15,16). The Bertz CT molecular complexity index is 419. The maximum atomic E-state index is 10.5. The first-order valence-corrected chi connectivity index (χ1v) is 5.93. The minimum Gasteiger partial charge on any atom is -0.481 e. The van der Waals surface area contributed by atoms with E-state index in [0.717, 1.165) is 36.7 Å². The maximum Gasteiger partial charge on any atom is 0.303 e. The number of aromatic amines is 1. The van der Waals surface area contributed by atoms with Gasteiger partial charge in [-0.1, -0.05) is 0 Å². The molecule has 2 rings (SSSR count). The molecule has 1 aliphatic rings. The van der Waals surface area contributed by atoms with Gasteiger partial charge >= 0.3 is 5.97 Å². The van der Waals surface area contributed by atoms with E-state index in [0.29, 0.717) is 6.42 Å². The molecule has 0 radical (unpaired) electrons. The minimum absolute atomic E-state index is 0.114. The molecule has 0 amide bonds. The number of aromatic nitrogens is 2. The summed E-state index contributed by atoms with van der Waals surface area (Å²) >= 11 is 0. The van der Waals surface area contributed by atoms with Crippen molar-refractivity contribution in [2.24, 2.45) is 0 Å². The summed E-state index contributed by atoms with van der Waals surface area (Å²) in [6, 6.07) is 0. The van der Waals surface area contributed by atoms with E-state index in [4.69, 9.17) is 9.84 Å². The van der Waals surface area contributed by atoms with Gasteiger partial charge in [-0.3, -0.25) is 4.79 Å². The highest BCUT2D eigenvalue weighted by Crippen LogP contribution is 2.34. The van der Waals surface area contributed by atoms with Crippen LogP contribution in [0.3, 0.4) is 0 Å². The lowest BCUT2D eigenvalue weighted by Gasteiger charge is -2.19. The third-order valence-electron chi connectivity index (χ3n) is 3.28. The molecule has 1 saturated heterocycles. The highest BCUT2D eigenvalue weighted by atomic mass is 16.5. The number of nitrogens with zero attached hydrogens (tertiary/aromatic N) is 1. The zero-order valence-corrected chi connectivity index (χ0v) is 10.2. The lowest BCUT2D eigenvalue weighted by molar-refractivity contribution is -0.136. The van der Waals surface area contributed by atoms with Crippen molar-refractivity contribution in [1.82, 2.24) is 9.97 Å². The molecular formula is C12H18N2O3. The summed E-state index contributed by atoms with van der Waals surface area (Å²) in [6.07, 6.45) is 2.58. The fourth-order valence-corrected chi connectivity index (χ4v) is 2.18. The number of ether oxygens (including phenoxy) is 1. The molecule has 0 aromatic carbocycles. The Hall–Kier alpha value is -1.36. The summed E-state index contributed by atoms with van der Waals surface area (Å²) in [4.78, 5) is 18.3. The number of carboxylic acids is 1. The van der Waals surface area contributed by atoms with Crippen LogP contribution in [0.2, 0.25) is 0 Å². The number of aliphatic carboxylic acids is 1. The largest absolute Gasteiger partial charge is 0.481 e. The Balaban J connectivity index is 2.15. The van der Waals surface area contributed by atoms with Crippen LogP contribution in [-0.4, -0.2) is 27.7 Å². The van der Waals surface area contributed by atoms with E-state index in [2.05, 4.69) is 9.97 Å². The Labute approximate surface area is 100 Å². The smallest absolute Gasteiger partial charge is 0.303 e. The molecule has 17 heavy (non-hydrogen) atoms. The Kier molecular flexibility index (Phi) is 3.19.